The molecule has 0 radical (unpaired) electrons. The van der Waals surface area contributed by atoms with Crippen LogP contribution in [0.5, 0.6) is 0 Å². The summed E-state index contributed by atoms with van der Waals surface area (Å²) in [6, 6.07) is -0.546. The van der Waals surface area contributed by atoms with E-state index in [2.05, 4.69) is 43.5 Å². The van der Waals surface area contributed by atoms with Crippen LogP contribution in [0.25, 0.3) is 0 Å². The lowest BCUT2D eigenvalue weighted by molar-refractivity contribution is -0.143. The van der Waals surface area contributed by atoms with Crippen molar-refractivity contribution in [2.45, 2.75) is 296 Å². The quantitative estimate of drug-likeness (QED) is 0.0322. The molecule has 0 aliphatic carbocycles. The molecule has 2 unspecified atom stereocenters. The van der Waals surface area contributed by atoms with Gasteiger partial charge in [0.15, 0.2) is 0 Å². The minimum atomic E-state index is -0.668. The Morgan fingerprint density at radius 2 is 0.783 bits per heavy atom. The average molecular weight is 846 g/mol. The van der Waals surface area contributed by atoms with Gasteiger partial charge in [0.25, 0.3) is 0 Å². The first-order valence-electron chi connectivity index (χ1n) is 26.6. The second-order valence-electron chi connectivity index (χ2n) is 18.2. The highest BCUT2D eigenvalue weighted by Crippen LogP contribution is 2.16. The number of hydrogen-bond acceptors (Lipinski definition) is 5. The molecule has 354 valence electrons. The van der Waals surface area contributed by atoms with Crippen molar-refractivity contribution in [3.05, 3.63) is 24.3 Å². The van der Waals surface area contributed by atoms with Crippen LogP contribution in [0.2, 0.25) is 0 Å². The van der Waals surface area contributed by atoms with E-state index in [1.807, 2.05) is 0 Å². The fourth-order valence-corrected chi connectivity index (χ4v) is 8.10. The molecule has 1 amide bonds. The molecule has 0 saturated carbocycles. The summed E-state index contributed by atoms with van der Waals surface area (Å²) in [7, 11) is 0. The molecule has 0 bridgehead atoms. The highest BCUT2D eigenvalue weighted by Gasteiger charge is 2.20. The molecule has 0 rings (SSSR count). The third-order valence-electron chi connectivity index (χ3n) is 12.2. The molecule has 2 atom stereocenters. The molecule has 0 fully saturated rings. The van der Waals surface area contributed by atoms with E-state index in [-0.39, 0.29) is 18.5 Å². The summed E-state index contributed by atoms with van der Waals surface area (Å²) in [6.45, 7) is 4.91. The maximum atomic E-state index is 12.4. The summed E-state index contributed by atoms with van der Waals surface area (Å²) >= 11 is 0. The number of aliphatic hydroxyl groups excluding tert-OH is 2. The zero-order chi connectivity index (χ0) is 43.7. The summed E-state index contributed by atoms with van der Waals surface area (Å²) < 4.78 is 5.46. The molecule has 0 heterocycles. The third-order valence-corrected chi connectivity index (χ3v) is 12.2. The van der Waals surface area contributed by atoms with Gasteiger partial charge in [-0.15, -0.1) is 0 Å². The number of carbonyl (C=O) groups is 2. The largest absolute Gasteiger partial charge is 0.466 e. The zero-order valence-corrected chi connectivity index (χ0v) is 40.2. The van der Waals surface area contributed by atoms with Gasteiger partial charge >= 0.3 is 5.97 Å². The van der Waals surface area contributed by atoms with E-state index < -0.39 is 12.1 Å². The second-order valence-corrected chi connectivity index (χ2v) is 18.2. The van der Waals surface area contributed by atoms with Crippen molar-refractivity contribution in [3.63, 3.8) is 0 Å². The van der Waals surface area contributed by atoms with Crippen LogP contribution < -0.4 is 5.32 Å². The van der Waals surface area contributed by atoms with Crippen molar-refractivity contribution < 1.29 is 24.5 Å². The standard InChI is InChI=1S/C54H103NO5/c1-3-5-7-9-11-13-14-15-21-25-28-32-36-40-44-48-54(59)60-49-45-41-37-33-29-26-23-20-18-16-17-19-22-24-27-31-35-39-43-47-53(58)55-51(50-56)52(57)46-42-38-34-30-12-10-8-6-4-2/h15-17,21,51-52,56-57H,3-14,18-20,22-50H2,1-2H3,(H,55,58)/b17-16-,21-15-. The van der Waals surface area contributed by atoms with Crippen LogP contribution in [0.1, 0.15) is 284 Å². The Morgan fingerprint density at radius 3 is 1.18 bits per heavy atom. The van der Waals surface area contributed by atoms with Crippen molar-refractivity contribution in [3.8, 4) is 0 Å². The number of amides is 1. The smallest absolute Gasteiger partial charge is 0.305 e. The molecule has 6 nitrogen and oxygen atoms in total. The fourth-order valence-electron chi connectivity index (χ4n) is 8.10. The van der Waals surface area contributed by atoms with Crippen molar-refractivity contribution in [2.24, 2.45) is 0 Å². The van der Waals surface area contributed by atoms with E-state index in [1.54, 1.807) is 0 Å². The molecular formula is C54H103NO5. The number of esters is 1. The van der Waals surface area contributed by atoms with Crippen molar-refractivity contribution in [1.82, 2.24) is 5.32 Å². The predicted octanol–water partition coefficient (Wildman–Crippen LogP) is 15.9. The second kappa shape index (κ2) is 50.0. The Hall–Kier alpha value is -1.66. The number of ether oxygens (including phenoxy) is 1. The molecule has 0 saturated heterocycles. The fraction of sp³-hybridized carbons (Fsp3) is 0.889. The van der Waals surface area contributed by atoms with Crippen LogP contribution in [0.4, 0.5) is 0 Å². The number of allylic oxidation sites excluding steroid dienone is 4. The van der Waals surface area contributed by atoms with Crippen LogP contribution in [0.3, 0.4) is 0 Å². The number of carbonyl (C=O) groups excluding carboxylic acids is 2. The molecule has 0 aromatic heterocycles. The van der Waals surface area contributed by atoms with E-state index in [4.69, 9.17) is 4.74 Å². The van der Waals surface area contributed by atoms with Crippen molar-refractivity contribution >= 4 is 11.9 Å². The normalized spacial score (nSPS) is 12.8. The number of hydrogen-bond donors (Lipinski definition) is 3. The van der Waals surface area contributed by atoms with E-state index in [1.165, 1.54) is 205 Å². The van der Waals surface area contributed by atoms with E-state index in [0.29, 0.717) is 25.9 Å². The number of rotatable bonds is 49. The van der Waals surface area contributed by atoms with Gasteiger partial charge in [-0.05, 0) is 77.0 Å². The molecular weight excluding hydrogens is 743 g/mol. The molecule has 0 aliphatic rings. The summed E-state index contributed by atoms with van der Waals surface area (Å²) in [5.74, 6) is -0.0518. The molecule has 0 spiro atoms. The lowest BCUT2D eigenvalue weighted by Gasteiger charge is -2.22. The summed E-state index contributed by atoms with van der Waals surface area (Å²) in [4.78, 5) is 24.4. The van der Waals surface area contributed by atoms with Gasteiger partial charge in [0, 0.05) is 12.8 Å². The maximum Gasteiger partial charge on any atom is 0.305 e. The van der Waals surface area contributed by atoms with E-state index >= 15 is 0 Å². The van der Waals surface area contributed by atoms with E-state index in [9.17, 15) is 19.8 Å². The van der Waals surface area contributed by atoms with Gasteiger partial charge in [-0.25, -0.2) is 0 Å². The Kier molecular flexibility index (Phi) is 48.6. The first-order chi connectivity index (χ1) is 29.5. The van der Waals surface area contributed by atoms with Crippen LogP contribution in [-0.4, -0.2) is 47.4 Å². The van der Waals surface area contributed by atoms with E-state index in [0.717, 1.165) is 44.9 Å². The Bertz CT molecular complexity index is 935. The minimum Gasteiger partial charge on any atom is -0.466 e. The lowest BCUT2D eigenvalue weighted by Crippen LogP contribution is -2.45. The van der Waals surface area contributed by atoms with Crippen LogP contribution in [-0.2, 0) is 14.3 Å². The van der Waals surface area contributed by atoms with Gasteiger partial charge in [0.2, 0.25) is 5.91 Å². The number of aliphatic hydroxyl groups is 2. The topological polar surface area (TPSA) is 95.9 Å². The first kappa shape index (κ1) is 58.3. The average Bonchev–Trinajstić information content (AvgIpc) is 3.25. The maximum absolute atomic E-state index is 12.4. The molecule has 60 heavy (non-hydrogen) atoms. The van der Waals surface area contributed by atoms with Gasteiger partial charge in [-0.3, -0.25) is 9.59 Å². The van der Waals surface area contributed by atoms with Crippen LogP contribution in [0.15, 0.2) is 24.3 Å². The van der Waals surface area contributed by atoms with Crippen molar-refractivity contribution in [1.29, 1.82) is 0 Å². The van der Waals surface area contributed by atoms with Gasteiger partial charge in [0.1, 0.15) is 0 Å². The summed E-state index contributed by atoms with van der Waals surface area (Å²) in [6.07, 6.45) is 58.8. The summed E-state index contributed by atoms with van der Waals surface area (Å²) in [5, 5.41) is 23.1. The molecule has 3 N–H and O–H groups in total. The van der Waals surface area contributed by atoms with Gasteiger partial charge < -0.3 is 20.3 Å². The first-order valence-corrected chi connectivity index (χ1v) is 26.6. The Labute approximate surface area is 373 Å². The number of unbranched alkanes of at least 4 members (excludes halogenated alkanes) is 34. The Morgan fingerprint density at radius 1 is 0.450 bits per heavy atom. The summed E-state index contributed by atoms with van der Waals surface area (Å²) in [5.41, 5.74) is 0. The minimum absolute atomic E-state index is 0.00437. The SMILES string of the molecule is CCCCCCCC/C=C\CCCCCCCC(=O)OCCCCCCCCCC/C=C\CCCCCCCCCC(=O)NC(CO)C(O)CCCCCCCCCCC. The van der Waals surface area contributed by atoms with Gasteiger partial charge in [0.05, 0.1) is 25.4 Å². The molecule has 6 heteroatoms. The highest BCUT2D eigenvalue weighted by atomic mass is 16.5. The lowest BCUT2D eigenvalue weighted by atomic mass is 10.0. The molecule has 0 aromatic rings. The van der Waals surface area contributed by atoms with Crippen LogP contribution in [0, 0.1) is 0 Å². The van der Waals surface area contributed by atoms with Gasteiger partial charge in [-0.2, -0.15) is 0 Å². The third kappa shape index (κ3) is 45.9. The molecule has 0 aliphatic heterocycles. The zero-order valence-electron chi connectivity index (χ0n) is 40.2. The van der Waals surface area contributed by atoms with Crippen LogP contribution >= 0.6 is 0 Å². The Balaban J connectivity index is 3.41. The monoisotopic (exact) mass is 846 g/mol. The highest BCUT2D eigenvalue weighted by molar-refractivity contribution is 5.76. The number of nitrogens with one attached hydrogen (secondary N) is 1. The predicted molar refractivity (Wildman–Crippen MR) is 260 cm³/mol. The molecule has 0 aromatic carbocycles. The van der Waals surface area contributed by atoms with Gasteiger partial charge in [-0.1, -0.05) is 218 Å². The van der Waals surface area contributed by atoms with Crippen molar-refractivity contribution in [2.75, 3.05) is 13.2 Å².